The Hall–Kier alpha value is -1.07. The number of carbonyl (C=O) groups excluding carboxylic acids is 1. The summed E-state index contributed by atoms with van der Waals surface area (Å²) < 4.78 is 5.62. The van der Waals surface area contributed by atoms with Gasteiger partial charge in [0.2, 0.25) is 5.91 Å². The SMILES string of the molecule is CC(SCCCOc1ccc(Cl)cc1)C(=O)Nc1c(Cl)cccc1Cl. The Morgan fingerprint density at radius 2 is 1.76 bits per heavy atom. The van der Waals surface area contributed by atoms with Crippen molar-refractivity contribution in [1.82, 2.24) is 0 Å². The summed E-state index contributed by atoms with van der Waals surface area (Å²) >= 11 is 19.5. The molecule has 0 heterocycles. The molecule has 0 saturated heterocycles. The van der Waals surface area contributed by atoms with E-state index in [2.05, 4.69) is 5.32 Å². The summed E-state index contributed by atoms with van der Waals surface area (Å²) in [6.45, 7) is 2.43. The summed E-state index contributed by atoms with van der Waals surface area (Å²) in [6, 6.07) is 12.4. The third-order valence-electron chi connectivity index (χ3n) is 3.32. The molecule has 25 heavy (non-hydrogen) atoms. The van der Waals surface area contributed by atoms with Gasteiger partial charge in [0.15, 0.2) is 0 Å². The van der Waals surface area contributed by atoms with Gasteiger partial charge in [-0.15, -0.1) is 11.8 Å². The fourth-order valence-electron chi connectivity index (χ4n) is 1.96. The lowest BCUT2D eigenvalue weighted by atomic mass is 10.3. The van der Waals surface area contributed by atoms with E-state index >= 15 is 0 Å². The highest BCUT2D eigenvalue weighted by Gasteiger charge is 2.16. The largest absolute Gasteiger partial charge is 0.494 e. The minimum absolute atomic E-state index is 0.126. The van der Waals surface area contributed by atoms with Gasteiger partial charge in [-0.05, 0) is 55.5 Å². The first kappa shape index (κ1) is 20.2. The van der Waals surface area contributed by atoms with E-state index in [1.807, 2.05) is 19.1 Å². The highest BCUT2D eigenvalue weighted by atomic mass is 35.5. The maximum absolute atomic E-state index is 12.2. The predicted octanol–water partition coefficient (Wildman–Crippen LogP) is 6.18. The van der Waals surface area contributed by atoms with E-state index in [0.717, 1.165) is 17.9 Å². The van der Waals surface area contributed by atoms with Crippen molar-refractivity contribution in [2.24, 2.45) is 0 Å². The number of halogens is 3. The van der Waals surface area contributed by atoms with Crippen molar-refractivity contribution < 1.29 is 9.53 Å². The minimum Gasteiger partial charge on any atom is -0.494 e. The number of anilines is 1. The van der Waals surface area contributed by atoms with E-state index in [9.17, 15) is 4.79 Å². The van der Waals surface area contributed by atoms with Crippen LogP contribution in [0.25, 0.3) is 0 Å². The maximum Gasteiger partial charge on any atom is 0.237 e. The molecule has 1 unspecified atom stereocenters. The highest BCUT2D eigenvalue weighted by molar-refractivity contribution is 8.00. The number of hydrogen-bond donors (Lipinski definition) is 1. The summed E-state index contributed by atoms with van der Waals surface area (Å²) in [5, 5.41) is 4.10. The van der Waals surface area contributed by atoms with Crippen LogP contribution in [0.3, 0.4) is 0 Å². The number of amides is 1. The average Bonchev–Trinajstić information content (AvgIpc) is 2.59. The summed E-state index contributed by atoms with van der Waals surface area (Å²) in [5.41, 5.74) is 0.453. The van der Waals surface area contributed by atoms with E-state index in [4.69, 9.17) is 39.5 Å². The molecule has 0 aromatic heterocycles. The zero-order valence-electron chi connectivity index (χ0n) is 13.6. The molecular formula is C18H18Cl3NO2S. The lowest BCUT2D eigenvalue weighted by molar-refractivity contribution is -0.115. The second kappa shape index (κ2) is 10.2. The molecule has 1 amide bonds. The van der Waals surface area contributed by atoms with E-state index in [1.165, 1.54) is 0 Å². The smallest absolute Gasteiger partial charge is 0.237 e. The first-order valence-corrected chi connectivity index (χ1v) is 9.90. The van der Waals surface area contributed by atoms with Crippen molar-refractivity contribution in [3.8, 4) is 5.75 Å². The molecule has 0 spiro atoms. The van der Waals surface area contributed by atoms with Gasteiger partial charge >= 0.3 is 0 Å². The van der Waals surface area contributed by atoms with E-state index in [0.29, 0.717) is 27.4 Å². The molecule has 1 atom stereocenters. The van der Waals surface area contributed by atoms with Crippen molar-refractivity contribution in [1.29, 1.82) is 0 Å². The molecule has 0 aliphatic carbocycles. The monoisotopic (exact) mass is 417 g/mol. The molecule has 3 nitrogen and oxygen atoms in total. The Bertz CT molecular complexity index is 690. The van der Waals surface area contributed by atoms with Gasteiger partial charge in [0.05, 0.1) is 27.6 Å². The molecule has 134 valence electrons. The van der Waals surface area contributed by atoms with Crippen LogP contribution in [0.1, 0.15) is 13.3 Å². The molecule has 2 aromatic rings. The molecule has 2 rings (SSSR count). The Kier molecular flexibility index (Phi) is 8.24. The van der Waals surface area contributed by atoms with Gasteiger partial charge in [0, 0.05) is 5.02 Å². The van der Waals surface area contributed by atoms with Crippen LogP contribution in [0.15, 0.2) is 42.5 Å². The maximum atomic E-state index is 12.2. The standard InChI is InChI=1S/C18H18Cl3NO2S/c1-12(18(23)22-17-15(20)4-2-5-16(17)21)25-11-3-10-24-14-8-6-13(19)7-9-14/h2,4-9,12H,3,10-11H2,1H3,(H,22,23). The van der Waals surface area contributed by atoms with Crippen LogP contribution in [0.5, 0.6) is 5.75 Å². The van der Waals surface area contributed by atoms with Crippen LogP contribution >= 0.6 is 46.6 Å². The first-order valence-electron chi connectivity index (χ1n) is 7.72. The zero-order chi connectivity index (χ0) is 18.2. The summed E-state index contributed by atoms with van der Waals surface area (Å²) in [7, 11) is 0. The van der Waals surface area contributed by atoms with Gasteiger partial charge in [0.25, 0.3) is 0 Å². The van der Waals surface area contributed by atoms with Gasteiger partial charge in [-0.25, -0.2) is 0 Å². The van der Waals surface area contributed by atoms with Crippen LogP contribution in [0, 0.1) is 0 Å². The number of carbonyl (C=O) groups is 1. The van der Waals surface area contributed by atoms with E-state index in [-0.39, 0.29) is 11.2 Å². The molecule has 1 N–H and O–H groups in total. The number of hydrogen-bond acceptors (Lipinski definition) is 3. The molecule has 0 saturated carbocycles. The third-order valence-corrected chi connectivity index (χ3v) is 5.44. The predicted molar refractivity (Wildman–Crippen MR) is 109 cm³/mol. The topological polar surface area (TPSA) is 38.3 Å². The van der Waals surface area contributed by atoms with Crippen molar-refractivity contribution in [3.05, 3.63) is 57.5 Å². The van der Waals surface area contributed by atoms with Gasteiger partial charge in [0.1, 0.15) is 5.75 Å². The number of para-hydroxylation sites is 1. The molecule has 7 heteroatoms. The lowest BCUT2D eigenvalue weighted by Crippen LogP contribution is -2.23. The first-order chi connectivity index (χ1) is 12.0. The van der Waals surface area contributed by atoms with Crippen LogP contribution in [0.2, 0.25) is 15.1 Å². The van der Waals surface area contributed by atoms with Gasteiger partial charge in [-0.3, -0.25) is 4.79 Å². The Morgan fingerprint density at radius 3 is 2.40 bits per heavy atom. The molecule has 0 aliphatic rings. The number of thioether (sulfide) groups is 1. The minimum atomic E-state index is -0.220. The second-order valence-electron chi connectivity index (χ2n) is 5.25. The Morgan fingerprint density at radius 1 is 1.12 bits per heavy atom. The number of ether oxygens (including phenoxy) is 1. The number of rotatable bonds is 8. The second-order valence-corrected chi connectivity index (χ2v) is 7.95. The van der Waals surface area contributed by atoms with Crippen LogP contribution in [-0.2, 0) is 4.79 Å². The van der Waals surface area contributed by atoms with Crippen molar-refractivity contribution in [3.63, 3.8) is 0 Å². The van der Waals surface area contributed by atoms with Crippen molar-refractivity contribution in [2.45, 2.75) is 18.6 Å². The van der Waals surface area contributed by atoms with Crippen LogP contribution in [-0.4, -0.2) is 23.5 Å². The van der Waals surface area contributed by atoms with Crippen molar-refractivity contribution in [2.75, 3.05) is 17.7 Å². The van der Waals surface area contributed by atoms with Gasteiger partial charge in [-0.1, -0.05) is 40.9 Å². The highest BCUT2D eigenvalue weighted by Crippen LogP contribution is 2.30. The average molecular weight is 419 g/mol. The van der Waals surface area contributed by atoms with Crippen molar-refractivity contribution >= 4 is 58.2 Å². The fraction of sp³-hybridized carbons (Fsp3) is 0.278. The molecule has 0 fully saturated rings. The Balaban J connectivity index is 1.70. The molecule has 0 bridgehead atoms. The normalized spacial score (nSPS) is 11.8. The quantitative estimate of drug-likeness (QED) is 0.520. The Labute approximate surface area is 167 Å². The molecular weight excluding hydrogens is 401 g/mol. The van der Waals surface area contributed by atoms with E-state index < -0.39 is 0 Å². The zero-order valence-corrected chi connectivity index (χ0v) is 16.7. The van der Waals surface area contributed by atoms with Gasteiger partial charge in [-0.2, -0.15) is 0 Å². The number of nitrogens with one attached hydrogen (secondary N) is 1. The summed E-state index contributed by atoms with van der Waals surface area (Å²) in [5.74, 6) is 1.46. The van der Waals surface area contributed by atoms with Crippen LogP contribution in [0.4, 0.5) is 5.69 Å². The number of benzene rings is 2. The summed E-state index contributed by atoms with van der Waals surface area (Å²) in [6.07, 6.45) is 0.831. The fourth-order valence-corrected chi connectivity index (χ4v) is 3.42. The molecule has 0 radical (unpaired) electrons. The van der Waals surface area contributed by atoms with Gasteiger partial charge < -0.3 is 10.1 Å². The summed E-state index contributed by atoms with van der Waals surface area (Å²) in [4.78, 5) is 12.2. The lowest BCUT2D eigenvalue weighted by Gasteiger charge is -2.14. The molecule has 2 aromatic carbocycles. The van der Waals surface area contributed by atoms with Crippen LogP contribution < -0.4 is 10.1 Å². The third kappa shape index (κ3) is 6.63. The van der Waals surface area contributed by atoms with E-state index in [1.54, 1.807) is 42.1 Å². The molecule has 0 aliphatic heterocycles.